The second-order valence-electron chi connectivity index (χ2n) is 3.15. The van der Waals surface area contributed by atoms with Crippen molar-refractivity contribution in [2.45, 2.75) is 37.6 Å². The molecule has 0 aromatic rings. The highest BCUT2D eigenvalue weighted by Crippen LogP contribution is 2.12. The molecule has 84 valence electrons. The third-order valence-corrected chi connectivity index (χ3v) is 1.62. The molecule has 0 amide bonds. The van der Waals surface area contributed by atoms with Gasteiger partial charge in [0.05, 0.1) is 0 Å². The molecule has 0 bridgehead atoms. The number of aliphatic hydroxyl groups is 5. The molecule has 0 aliphatic carbocycles. The van der Waals surface area contributed by atoms with Crippen LogP contribution in [0.3, 0.4) is 0 Å². The fourth-order valence-electron chi connectivity index (χ4n) is 0.969. The van der Waals surface area contributed by atoms with Crippen molar-refractivity contribution in [3.8, 4) is 0 Å². The molecule has 6 nitrogen and oxygen atoms in total. The first-order valence-electron chi connectivity index (χ1n) is 4.27. The highest BCUT2D eigenvalue weighted by atomic mass is 16.7. The molecule has 0 aliphatic rings. The van der Waals surface area contributed by atoms with Crippen LogP contribution < -0.4 is 5.32 Å². The molecule has 0 aromatic heterocycles. The average Bonchev–Trinajstić information content (AvgIpc) is 1.96. The molecule has 14 heavy (non-hydrogen) atoms. The van der Waals surface area contributed by atoms with Crippen LogP contribution in [0.2, 0.25) is 0 Å². The van der Waals surface area contributed by atoms with Crippen LogP contribution in [0.4, 0.5) is 0 Å². The summed E-state index contributed by atoms with van der Waals surface area (Å²) >= 11 is 0. The van der Waals surface area contributed by atoms with E-state index in [1.165, 1.54) is 0 Å². The van der Waals surface area contributed by atoms with Gasteiger partial charge in [0, 0.05) is 12.8 Å². The number of hydrogen-bond donors (Lipinski definition) is 6. The molecule has 6 heteroatoms. The molecule has 0 radical (unpaired) electrons. The Labute approximate surface area is 82.1 Å². The maximum Gasteiger partial charge on any atom is 0.275 e. The number of unbranched alkanes of at least 4 members (excludes halogenated alkanes) is 1. The van der Waals surface area contributed by atoms with Crippen molar-refractivity contribution in [1.29, 1.82) is 0 Å². The van der Waals surface area contributed by atoms with Crippen LogP contribution in [0.5, 0.6) is 0 Å². The molecule has 0 unspecified atom stereocenters. The van der Waals surface area contributed by atoms with Crippen molar-refractivity contribution in [2.24, 2.45) is 0 Å². The van der Waals surface area contributed by atoms with Crippen LogP contribution in [0, 0.1) is 0 Å². The van der Waals surface area contributed by atoms with E-state index in [4.69, 9.17) is 25.5 Å². The Bertz CT molecular complexity index is 175. The van der Waals surface area contributed by atoms with Gasteiger partial charge in [-0.25, -0.2) is 0 Å². The van der Waals surface area contributed by atoms with Crippen LogP contribution in [0.1, 0.15) is 25.7 Å². The standard InChI is InChI=1S/C8H17NO5/c1-2-9-7(10,11)5-3-4-6-8(12,13)14/h2,9-14H,1,3-6H2. The monoisotopic (exact) mass is 207 g/mol. The molecule has 0 spiro atoms. The highest BCUT2D eigenvalue weighted by molar-refractivity contribution is 4.71. The first-order chi connectivity index (χ1) is 6.27. The quantitative estimate of drug-likeness (QED) is 0.225. The molecule has 0 heterocycles. The lowest BCUT2D eigenvalue weighted by Gasteiger charge is -2.22. The molecule has 6 N–H and O–H groups in total. The molecule has 0 fully saturated rings. The fraction of sp³-hybridized carbons (Fsp3) is 0.750. The maximum absolute atomic E-state index is 9.13. The lowest BCUT2D eigenvalue weighted by atomic mass is 10.1. The summed E-state index contributed by atoms with van der Waals surface area (Å²) in [6.07, 6.45) is 1.48. The second kappa shape index (κ2) is 5.28. The summed E-state index contributed by atoms with van der Waals surface area (Å²) in [7, 11) is 0. The largest absolute Gasteiger partial charge is 0.349 e. The molecule has 0 aromatic carbocycles. The smallest absolute Gasteiger partial charge is 0.275 e. The zero-order valence-electron chi connectivity index (χ0n) is 7.85. The maximum atomic E-state index is 9.13. The molecule has 0 aliphatic heterocycles. The molecule has 0 saturated heterocycles. The lowest BCUT2D eigenvalue weighted by molar-refractivity contribution is -0.315. The predicted octanol–water partition coefficient (Wildman–Crippen LogP) is -1.45. The van der Waals surface area contributed by atoms with Gasteiger partial charge >= 0.3 is 0 Å². The van der Waals surface area contributed by atoms with Crippen LogP contribution in [-0.2, 0) is 0 Å². The molecule has 0 saturated carbocycles. The lowest BCUT2D eigenvalue weighted by Crippen LogP contribution is -2.41. The van der Waals surface area contributed by atoms with Crippen LogP contribution >= 0.6 is 0 Å². The Balaban J connectivity index is 3.58. The summed E-state index contributed by atoms with van der Waals surface area (Å²) < 4.78 is 0. The average molecular weight is 207 g/mol. The van der Waals surface area contributed by atoms with E-state index < -0.39 is 11.9 Å². The van der Waals surface area contributed by atoms with Gasteiger partial charge in [0.25, 0.3) is 5.97 Å². The topological polar surface area (TPSA) is 113 Å². The minimum absolute atomic E-state index is 0.00486. The number of hydrogen-bond acceptors (Lipinski definition) is 6. The van der Waals surface area contributed by atoms with Gasteiger partial charge in [-0.15, -0.1) is 0 Å². The van der Waals surface area contributed by atoms with Crippen molar-refractivity contribution < 1.29 is 25.5 Å². The summed E-state index contributed by atoms with van der Waals surface area (Å²) in [6, 6.07) is 0. The van der Waals surface area contributed by atoms with Crippen LogP contribution in [0.15, 0.2) is 12.8 Å². The summed E-state index contributed by atoms with van der Waals surface area (Å²) in [6.45, 7) is 3.26. The zero-order chi connectivity index (χ0) is 11.2. The minimum atomic E-state index is -2.68. The van der Waals surface area contributed by atoms with Gasteiger partial charge in [-0.2, -0.15) is 0 Å². The van der Waals surface area contributed by atoms with E-state index in [9.17, 15) is 0 Å². The Morgan fingerprint density at radius 1 is 1.00 bits per heavy atom. The second-order valence-corrected chi connectivity index (χ2v) is 3.15. The SMILES string of the molecule is C=CNC(O)(O)CCCCC(O)(O)O. The summed E-state index contributed by atoms with van der Waals surface area (Å²) in [4.78, 5) is 0. The third-order valence-electron chi connectivity index (χ3n) is 1.62. The van der Waals surface area contributed by atoms with E-state index in [-0.39, 0.29) is 19.3 Å². The van der Waals surface area contributed by atoms with E-state index in [1.54, 1.807) is 0 Å². The van der Waals surface area contributed by atoms with Gasteiger partial charge in [0.15, 0.2) is 0 Å². The van der Waals surface area contributed by atoms with E-state index >= 15 is 0 Å². The van der Waals surface area contributed by atoms with Crippen molar-refractivity contribution in [3.05, 3.63) is 12.8 Å². The zero-order valence-corrected chi connectivity index (χ0v) is 7.85. The van der Waals surface area contributed by atoms with E-state index in [0.29, 0.717) is 6.42 Å². The molecule has 0 atom stereocenters. The normalized spacial score (nSPS) is 12.6. The Hall–Kier alpha value is -0.660. The molecule has 0 rings (SSSR count). The first kappa shape index (κ1) is 13.3. The number of nitrogens with one attached hydrogen (secondary N) is 1. The van der Waals surface area contributed by atoms with Crippen molar-refractivity contribution in [1.82, 2.24) is 5.32 Å². The highest BCUT2D eigenvalue weighted by Gasteiger charge is 2.22. The van der Waals surface area contributed by atoms with Crippen LogP contribution in [0.25, 0.3) is 0 Å². The third kappa shape index (κ3) is 7.96. The summed E-state index contributed by atoms with van der Waals surface area (Å²) in [5.74, 6) is -4.72. The van der Waals surface area contributed by atoms with Crippen molar-refractivity contribution in [3.63, 3.8) is 0 Å². The fourth-order valence-corrected chi connectivity index (χ4v) is 0.969. The Morgan fingerprint density at radius 3 is 1.93 bits per heavy atom. The van der Waals surface area contributed by atoms with E-state index in [1.807, 2.05) is 0 Å². The van der Waals surface area contributed by atoms with E-state index in [2.05, 4.69) is 11.9 Å². The summed E-state index contributed by atoms with van der Waals surface area (Å²) in [5.41, 5.74) is 0. The number of rotatable bonds is 7. The van der Waals surface area contributed by atoms with Gasteiger partial charge in [-0.3, -0.25) is 0 Å². The Kier molecular flexibility index (Phi) is 5.03. The van der Waals surface area contributed by atoms with Gasteiger partial charge < -0.3 is 30.8 Å². The molecular weight excluding hydrogens is 190 g/mol. The summed E-state index contributed by atoms with van der Waals surface area (Å²) in [5, 5.41) is 46.0. The van der Waals surface area contributed by atoms with Crippen molar-refractivity contribution >= 4 is 0 Å². The van der Waals surface area contributed by atoms with E-state index in [0.717, 1.165) is 6.20 Å². The van der Waals surface area contributed by atoms with Crippen molar-refractivity contribution in [2.75, 3.05) is 0 Å². The minimum Gasteiger partial charge on any atom is -0.349 e. The Morgan fingerprint density at radius 2 is 1.50 bits per heavy atom. The first-order valence-corrected chi connectivity index (χ1v) is 4.27. The van der Waals surface area contributed by atoms with Gasteiger partial charge in [0.2, 0.25) is 5.91 Å². The van der Waals surface area contributed by atoms with Crippen LogP contribution in [-0.4, -0.2) is 37.4 Å². The van der Waals surface area contributed by atoms with Gasteiger partial charge in [-0.05, 0) is 19.0 Å². The van der Waals surface area contributed by atoms with Gasteiger partial charge in [0.1, 0.15) is 0 Å². The van der Waals surface area contributed by atoms with Gasteiger partial charge in [-0.1, -0.05) is 6.58 Å². The predicted molar refractivity (Wildman–Crippen MR) is 48.4 cm³/mol. The molecular formula is C8H17NO5.